The van der Waals surface area contributed by atoms with Gasteiger partial charge < -0.3 is 20.2 Å². The topological polar surface area (TPSA) is 74.5 Å². The number of hydrogen-bond acceptors (Lipinski definition) is 3. The molecular weight excluding hydrogens is 311 g/mol. The predicted octanol–water partition coefficient (Wildman–Crippen LogP) is 3.48. The molecule has 5 nitrogen and oxygen atoms in total. The van der Waals surface area contributed by atoms with E-state index in [4.69, 9.17) is 4.42 Å². The molecular formula is C18H25FN2O3. The van der Waals surface area contributed by atoms with Crippen LogP contribution < -0.4 is 10.6 Å². The average Bonchev–Trinajstić information content (AvgIpc) is 2.78. The van der Waals surface area contributed by atoms with Crippen molar-refractivity contribution in [2.45, 2.75) is 46.8 Å². The van der Waals surface area contributed by atoms with Crippen LogP contribution in [-0.4, -0.2) is 23.8 Å². The van der Waals surface area contributed by atoms with E-state index in [-0.39, 0.29) is 23.8 Å². The predicted molar refractivity (Wildman–Crippen MR) is 91.2 cm³/mol. The fourth-order valence-corrected chi connectivity index (χ4v) is 2.83. The Hall–Kier alpha value is -2.08. The van der Waals surface area contributed by atoms with Crippen LogP contribution in [0.15, 0.2) is 22.6 Å². The number of carbonyl (C=O) groups excluding carboxylic acids is 1. The van der Waals surface area contributed by atoms with Crippen molar-refractivity contribution in [3.05, 3.63) is 35.3 Å². The van der Waals surface area contributed by atoms with Crippen LogP contribution in [0.3, 0.4) is 0 Å². The van der Waals surface area contributed by atoms with Crippen molar-refractivity contribution in [1.29, 1.82) is 0 Å². The number of aliphatic hydroxyl groups is 1. The molecule has 24 heavy (non-hydrogen) atoms. The van der Waals surface area contributed by atoms with Gasteiger partial charge in [0.1, 0.15) is 17.2 Å². The van der Waals surface area contributed by atoms with Gasteiger partial charge in [-0.1, -0.05) is 13.8 Å². The summed E-state index contributed by atoms with van der Waals surface area (Å²) in [7, 11) is 0. The molecule has 0 saturated heterocycles. The summed E-state index contributed by atoms with van der Waals surface area (Å²) in [6, 6.07) is 4.05. The Morgan fingerprint density at radius 2 is 2.08 bits per heavy atom. The number of benzene rings is 1. The molecule has 2 aromatic rings. The number of carbonyl (C=O) groups is 1. The van der Waals surface area contributed by atoms with E-state index in [1.165, 1.54) is 12.1 Å². The number of furan rings is 1. The van der Waals surface area contributed by atoms with Crippen LogP contribution in [0.5, 0.6) is 0 Å². The molecule has 0 aliphatic rings. The summed E-state index contributed by atoms with van der Waals surface area (Å²) >= 11 is 0. The number of amides is 2. The number of fused-ring (bicyclic) bond motifs is 1. The number of aliphatic hydroxyl groups excluding tert-OH is 1. The van der Waals surface area contributed by atoms with Crippen molar-refractivity contribution in [1.82, 2.24) is 10.6 Å². The monoisotopic (exact) mass is 336 g/mol. The third kappa shape index (κ3) is 4.71. The van der Waals surface area contributed by atoms with Gasteiger partial charge in [0.05, 0.1) is 12.6 Å². The minimum Gasteiger partial charge on any atom is -0.459 e. The lowest BCUT2D eigenvalue weighted by atomic mass is 9.87. The highest BCUT2D eigenvalue weighted by Crippen LogP contribution is 2.26. The van der Waals surface area contributed by atoms with Gasteiger partial charge in [0.15, 0.2) is 0 Å². The molecule has 2 amide bonds. The second-order valence-corrected chi connectivity index (χ2v) is 7.04. The molecule has 132 valence electrons. The van der Waals surface area contributed by atoms with E-state index < -0.39 is 6.10 Å². The third-order valence-electron chi connectivity index (χ3n) is 3.98. The fraction of sp³-hybridized carbons (Fsp3) is 0.500. The lowest BCUT2D eigenvalue weighted by molar-refractivity contribution is 0.129. The Morgan fingerprint density at radius 1 is 1.38 bits per heavy atom. The Balaban J connectivity index is 1.91. The summed E-state index contributed by atoms with van der Waals surface area (Å²) in [5, 5.41) is 15.7. The highest BCUT2D eigenvalue weighted by atomic mass is 19.1. The van der Waals surface area contributed by atoms with Crippen molar-refractivity contribution in [2.75, 3.05) is 6.54 Å². The first-order chi connectivity index (χ1) is 11.2. The maximum absolute atomic E-state index is 13.3. The molecule has 2 rings (SSSR count). The highest BCUT2D eigenvalue weighted by Gasteiger charge is 2.21. The van der Waals surface area contributed by atoms with Crippen molar-refractivity contribution in [3.63, 3.8) is 0 Å². The molecule has 0 bridgehead atoms. The Kier molecular flexibility index (Phi) is 5.49. The van der Waals surface area contributed by atoms with Crippen molar-refractivity contribution < 1.29 is 18.7 Å². The second-order valence-electron chi connectivity index (χ2n) is 7.04. The van der Waals surface area contributed by atoms with E-state index >= 15 is 0 Å². The summed E-state index contributed by atoms with van der Waals surface area (Å²) in [5.74, 6) is 0.290. The summed E-state index contributed by atoms with van der Waals surface area (Å²) < 4.78 is 19.0. The van der Waals surface area contributed by atoms with Gasteiger partial charge >= 0.3 is 6.03 Å². The molecule has 6 heteroatoms. The quantitative estimate of drug-likeness (QED) is 0.756. The molecule has 1 heterocycles. The number of hydrogen-bond donors (Lipinski definition) is 3. The van der Waals surface area contributed by atoms with E-state index in [2.05, 4.69) is 10.6 Å². The summed E-state index contributed by atoms with van der Waals surface area (Å²) in [4.78, 5) is 11.9. The van der Waals surface area contributed by atoms with Gasteiger partial charge in [-0.3, -0.25) is 0 Å². The largest absolute Gasteiger partial charge is 0.459 e. The average molecular weight is 336 g/mol. The van der Waals surface area contributed by atoms with Gasteiger partial charge in [0.2, 0.25) is 0 Å². The standard InChI is InChI=1S/C18H25FN2O3/c1-11(22)8-18(3,4)10-21-17(23)20-9-16-12(2)14-7-13(19)5-6-15(14)24-16/h5-7,11,22H,8-10H2,1-4H3,(H2,20,21,23). The van der Waals surface area contributed by atoms with Crippen LogP contribution in [0.1, 0.15) is 38.5 Å². The van der Waals surface area contributed by atoms with Crippen LogP contribution in [0, 0.1) is 18.2 Å². The first kappa shape index (κ1) is 18.3. The third-order valence-corrected chi connectivity index (χ3v) is 3.98. The second kappa shape index (κ2) is 7.21. The minimum absolute atomic E-state index is 0.196. The molecule has 0 fully saturated rings. The highest BCUT2D eigenvalue weighted by molar-refractivity contribution is 5.82. The lowest BCUT2D eigenvalue weighted by Crippen LogP contribution is -2.41. The summed E-state index contributed by atoms with van der Waals surface area (Å²) in [6.45, 7) is 8.22. The van der Waals surface area contributed by atoms with Crippen molar-refractivity contribution in [3.8, 4) is 0 Å². The molecule has 0 aliphatic heterocycles. The zero-order chi connectivity index (χ0) is 17.9. The van der Waals surface area contributed by atoms with E-state index in [9.17, 15) is 14.3 Å². The molecule has 0 aliphatic carbocycles. The number of aryl methyl sites for hydroxylation is 1. The zero-order valence-electron chi connectivity index (χ0n) is 14.6. The Labute approximate surface area is 141 Å². The van der Waals surface area contributed by atoms with Gasteiger partial charge in [0.25, 0.3) is 0 Å². The fourth-order valence-electron chi connectivity index (χ4n) is 2.83. The van der Waals surface area contributed by atoms with Crippen LogP contribution in [0.25, 0.3) is 11.0 Å². The van der Waals surface area contributed by atoms with Crippen LogP contribution in [0.2, 0.25) is 0 Å². The SMILES string of the molecule is Cc1c(CNC(=O)NCC(C)(C)CC(C)O)oc2ccc(F)cc12. The van der Waals surface area contributed by atoms with Crippen LogP contribution in [0.4, 0.5) is 9.18 Å². The molecule has 1 aromatic heterocycles. The minimum atomic E-state index is -0.413. The molecule has 0 saturated carbocycles. The van der Waals surface area contributed by atoms with Gasteiger partial charge in [-0.2, -0.15) is 0 Å². The number of urea groups is 1. The Morgan fingerprint density at radius 3 is 2.75 bits per heavy atom. The normalized spacial score (nSPS) is 13.1. The molecule has 0 radical (unpaired) electrons. The van der Waals surface area contributed by atoms with Gasteiger partial charge in [-0.05, 0) is 43.9 Å². The molecule has 1 unspecified atom stereocenters. The van der Waals surface area contributed by atoms with E-state index in [0.717, 1.165) is 5.56 Å². The smallest absolute Gasteiger partial charge is 0.315 e. The van der Waals surface area contributed by atoms with E-state index in [0.29, 0.717) is 29.7 Å². The van der Waals surface area contributed by atoms with Gasteiger partial charge in [0, 0.05) is 17.5 Å². The summed E-state index contributed by atoms with van der Waals surface area (Å²) in [6.07, 6.45) is 0.185. The van der Waals surface area contributed by atoms with Gasteiger partial charge in [-0.15, -0.1) is 0 Å². The Bertz CT molecular complexity index is 722. The molecule has 3 N–H and O–H groups in total. The first-order valence-electron chi connectivity index (χ1n) is 8.05. The lowest BCUT2D eigenvalue weighted by Gasteiger charge is -2.26. The number of halogens is 1. The number of rotatable bonds is 6. The van der Waals surface area contributed by atoms with Gasteiger partial charge in [-0.25, -0.2) is 9.18 Å². The molecule has 0 spiro atoms. The number of nitrogens with one attached hydrogen (secondary N) is 2. The molecule has 1 aromatic carbocycles. The van der Waals surface area contributed by atoms with Crippen molar-refractivity contribution >= 4 is 17.0 Å². The van der Waals surface area contributed by atoms with E-state index in [1.54, 1.807) is 13.0 Å². The van der Waals surface area contributed by atoms with Crippen LogP contribution in [-0.2, 0) is 6.54 Å². The molecule has 1 atom stereocenters. The van der Waals surface area contributed by atoms with Crippen LogP contribution >= 0.6 is 0 Å². The maximum atomic E-state index is 13.3. The van der Waals surface area contributed by atoms with E-state index in [1.807, 2.05) is 20.8 Å². The summed E-state index contributed by atoms with van der Waals surface area (Å²) in [5.41, 5.74) is 1.22. The van der Waals surface area contributed by atoms with Crippen molar-refractivity contribution in [2.24, 2.45) is 5.41 Å². The zero-order valence-corrected chi connectivity index (χ0v) is 14.6. The first-order valence-corrected chi connectivity index (χ1v) is 8.05. The maximum Gasteiger partial charge on any atom is 0.315 e.